The minimum absolute atomic E-state index is 0.0100. The lowest BCUT2D eigenvalue weighted by atomic mass is 9.85. The average Bonchev–Trinajstić information content (AvgIpc) is 0.838. The number of thioether (sulfide) groups is 2. The highest BCUT2D eigenvalue weighted by molar-refractivity contribution is 8.00. The van der Waals surface area contributed by atoms with E-state index in [0.29, 0.717) is 36.5 Å². The molecule has 0 bridgehead atoms. The topological polar surface area (TPSA) is 333 Å². The molecule has 0 radical (unpaired) electrons. The fourth-order valence-electron chi connectivity index (χ4n) is 11.1. The van der Waals surface area contributed by atoms with Crippen LogP contribution in [0.1, 0.15) is 134 Å². The van der Waals surface area contributed by atoms with Gasteiger partial charge < -0.3 is 67.8 Å². The summed E-state index contributed by atoms with van der Waals surface area (Å²) in [6.07, 6.45) is 3.78. The van der Waals surface area contributed by atoms with Crippen molar-refractivity contribution in [2.45, 2.75) is 183 Å². The number of carbonyl (C=O) groups excluding carboxylic acids is 10. The van der Waals surface area contributed by atoms with Crippen LogP contribution in [0.5, 0.6) is 5.75 Å². The number of nitrogens with two attached hydrogens (primary N) is 1. The first-order chi connectivity index (χ1) is 48.0. The van der Waals surface area contributed by atoms with Crippen LogP contribution in [0.3, 0.4) is 0 Å². The maximum atomic E-state index is 14.9. The zero-order chi connectivity index (χ0) is 72.3. The molecule has 0 saturated heterocycles. The molecule has 5 aromatic rings. The van der Waals surface area contributed by atoms with Crippen molar-refractivity contribution in [3.8, 4) is 5.75 Å². The van der Waals surface area contributed by atoms with E-state index in [1.165, 1.54) is 11.8 Å². The number of carbonyl (C=O) groups is 10. The van der Waals surface area contributed by atoms with Crippen LogP contribution in [-0.4, -0.2) is 138 Å². The van der Waals surface area contributed by atoms with Crippen LogP contribution in [0.4, 0.5) is 9.59 Å². The van der Waals surface area contributed by atoms with Gasteiger partial charge >= 0.3 is 12.2 Å². The lowest BCUT2D eigenvalue weighted by molar-refractivity contribution is -0.136. The summed E-state index contributed by atoms with van der Waals surface area (Å²) in [4.78, 5) is 139. The van der Waals surface area contributed by atoms with Crippen LogP contribution in [0.15, 0.2) is 146 Å². The summed E-state index contributed by atoms with van der Waals surface area (Å²) in [7, 11) is 0. The molecule has 1 saturated carbocycles. The van der Waals surface area contributed by atoms with Gasteiger partial charge in [-0.25, -0.2) is 9.59 Å². The summed E-state index contributed by atoms with van der Waals surface area (Å²) in [6, 6.07) is 37.1. The lowest BCUT2D eigenvalue weighted by Crippen LogP contribution is -2.61. The van der Waals surface area contributed by atoms with Crippen molar-refractivity contribution < 1.29 is 62.2 Å². The Kier molecular flexibility index (Phi) is 33.6. The average molecular weight is 1410 g/mol. The predicted octanol–water partition coefficient (Wildman–Crippen LogP) is 8.01. The third kappa shape index (κ3) is 29.8. The van der Waals surface area contributed by atoms with Crippen LogP contribution in [0.2, 0.25) is 0 Å². The second kappa shape index (κ2) is 42.1. The largest absolute Gasteiger partial charge is 0.494 e. The third-order valence-corrected chi connectivity index (χ3v) is 19.1. The Labute approximate surface area is 596 Å². The standard InChI is InChI=1S/C75H100N10O13S2/c1-7-96-57-36-34-53(35-37-57)44-59(80-64(87)46-75(38-22-12-23-39-75)100-49-56-31-19-11-20-32-56)68(90)81-60(43-52-25-13-8-14-26-52)70(92)85-65(51(2)3)71(93)82-61(45-63(76)86)69(91)83-62(50-99-48-55-29-17-10-18-30-55)67(89)78-42-41-77-66(88)58(84-73(95)98-74(4,5)6)33-21-24-40-79-72(94)97-47-54-27-15-9-16-28-54/h8-11,13-20,25-32,34-37,51,58-62,65H,7,12,21-24,33,38-50H2,1-6H3,(H2,76,86)(H,77,88)(H,78,89)(H,79,94)(H,80,87)(H,81,90)(H,82,93)(H,83,91)(H,84,95)(H,85,92)/t58-,59-,60+,61+,62+,65+/m1/s1. The summed E-state index contributed by atoms with van der Waals surface area (Å²) in [5.74, 6) is -4.57. The second-order valence-electron chi connectivity index (χ2n) is 26.1. The van der Waals surface area contributed by atoms with Gasteiger partial charge in [0.2, 0.25) is 47.3 Å². The molecule has 6 rings (SSSR count). The maximum Gasteiger partial charge on any atom is 0.408 e. The Morgan fingerprint density at radius 1 is 0.510 bits per heavy atom. The second-order valence-corrected chi connectivity index (χ2v) is 28.6. The first-order valence-electron chi connectivity index (χ1n) is 34.3. The number of alkyl carbamates (subject to hydrolysis) is 2. The van der Waals surface area contributed by atoms with Gasteiger partial charge in [-0.1, -0.05) is 167 Å². The molecule has 0 spiro atoms. The van der Waals surface area contributed by atoms with E-state index >= 15 is 0 Å². The molecule has 1 fully saturated rings. The predicted molar refractivity (Wildman–Crippen MR) is 388 cm³/mol. The molecule has 6 atom stereocenters. The van der Waals surface area contributed by atoms with Crippen LogP contribution >= 0.6 is 23.5 Å². The van der Waals surface area contributed by atoms with Gasteiger partial charge in [-0.2, -0.15) is 11.8 Å². The minimum atomic E-state index is -1.65. The molecule has 0 aromatic heterocycles. The number of ether oxygens (including phenoxy) is 3. The minimum Gasteiger partial charge on any atom is -0.494 e. The Bertz CT molecular complexity index is 3400. The number of primary amides is 1. The van der Waals surface area contributed by atoms with Crippen molar-refractivity contribution in [3.63, 3.8) is 0 Å². The van der Waals surface area contributed by atoms with Gasteiger partial charge in [-0.15, -0.1) is 11.8 Å². The molecular formula is C75H100N10O13S2. The van der Waals surface area contributed by atoms with Gasteiger partial charge in [-0.3, -0.25) is 38.4 Å². The van der Waals surface area contributed by atoms with E-state index < -0.39 is 108 Å². The Hall–Kier alpha value is -9.10. The molecule has 0 unspecified atom stereocenters. The molecule has 100 heavy (non-hydrogen) atoms. The molecule has 1 aliphatic carbocycles. The molecule has 540 valence electrons. The summed E-state index contributed by atoms with van der Waals surface area (Å²) in [5, 5.41) is 24.9. The Morgan fingerprint density at radius 3 is 1.59 bits per heavy atom. The summed E-state index contributed by atoms with van der Waals surface area (Å²) >= 11 is 3.09. The van der Waals surface area contributed by atoms with Gasteiger partial charge in [0.05, 0.1) is 13.0 Å². The highest BCUT2D eigenvalue weighted by Gasteiger charge is 2.38. The van der Waals surface area contributed by atoms with Crippen LogP contribution < -0.4 is 58.3 Å². The van der Waals surface area contributed by atoms with E-state index in [2.05, 4.69) is 60.0 Å². The number of hydrogen-bond donors (Lipinski definition) is 10. The first-order valence-corrected chi connectivity index (χ1v) is 36.4. The van der Waals surface area contributed by atoms with Crippen LogP contribution in [0, 0.1) is 5.92 Å². The van der Waals surface area contributed by atoms with Crippen molar-refractivity contribution in [1.29, 1.82) is 0 Å². The maximum absolute atomic E-state index is 14.9. The van der Waals surface area contributed by atoms with E-state index in [0.717, 1.165) is 60.1 Å². The van der Waals surface area contributed by atoms with E-state index in [1.54, 1.807) is 82.8 Å². The van der Waals surface area contributed by atoms with Gasteiger partial charge in [0, 0.05) is 60.9 Å². The van der Waals surface area contributed by atoms with Crippen molar-refractivity contribution in [2.75, 3.05) is 32.0 Å². The monoisotopic (exact) mass is 1410 g/mol. The zero-order valence-electron chi connectivity index (χ0n) is 58.2. The van der Waals surface area contributed by atoms with E-state index in [4.69, 9.17) is 19.9 Å². The lowest BCUT2D eigenvalue weighted by Gasteiger charge is -2.37. The highest BCUT2D eigenvalue weighted by atomic mass is 32.2. The van der Waals surface area contributed by atoms with E-state index in [9.17, 15) is 47.9 Å². The number of benzene rings is 5. The zero-order valence-corrected chi connectivity index (χ0v) is 59.9. The van der Waals surface area contributed by atoms with Gasteiger partial charge in [0.1, 0.15) is 54.2 Å². The summed E-state index contributed by atoms with van der Waals surface area (Å²) in [6.45, 7) is 10.8. The normalized spacial score (nSPS) is 14.3. The van der Waals surface area contributed by atoms with Crippen LogP contribution in [-0.2, 0) is 78.8 Å². The van der Waals surface area contributed by atoms with Gasteiger partial charge in [0.25, 0.3) is 0 Å². The third-order valence-electron chi connectivity index (χ3n) is 16.3. The van der Waals surface area contributed by atoms with Gasteiger partial charge in [-0.05, 0) is 106 Å². The van der Waals surface area contributed by atoms with Crippen molar-refractivity contribution >= 4 is 83.0 Å². The molecule has 23 nitrogen and oxygen atoms in total. The molecule has 25 heteroatoms. The Morgan fingerprint density at radius 2 is 1.02 bits per heavy atom. The number of amides is 10. The SMILES string of the molecule is CCOc1ccc(C[C@@H](NC(=O)CC2(SCc3ccccc3)CCCCC2)C(=O)N[C@@H](Cc2ccccc2)C(=O)N[C@H](C(=O)N[C@@H](CC(N)=O)C(=O)N[C@@H](CSCc2ccccc2)C(=O)NCCNC(=O)[C@@H](CCCCNC(=O)OCc2ccccc2)NC(=O)OC(C)(C)C)C(C)C)cc1. The smallest absolute Gasteiger partial charge is 0.408 e. The van der Waals surface area contributed by atoms with Crippen LogP contribution in [0.25, 0.3) is 0 Å². The molecule has 0 aliphatic heterocycles. The Balaban J connectivity index is 1.13. The fourth-order valence-corrected chi connectivity index (χ4v) is 13.6. The summed E-state index contributed by atoms with van der Waals surface area (Å²) in [5.41, 5.74) is 9.15. The van der Waals surface area contributed by atoms with E-state index in [-0.39, 0.29) is 68.3 Å². The van der Waals surface area contributed by atoms with Gasteiger partial charge in [0.15, 0.2) is 0 Å². The molecule has 0 heterocycles. The number of nitrogens with one attached hydrogen (secondary N) is 9. The molecular weight excluding hydrogens is 1310 g/mol. The van der Waals surface area contributed by atoms with E-state index in [1.807, 2.05) is 104 Å². The first kappa shape index (κ1) is 79.9. The fraction of sp³-hybridized carbons (Fsp3) is 0.467. The number of rotatable bonds is 40. The number of hydrogen-bond acceptors (Lipinski definition) is 15. The van der Waals surface area contributed by atoms with Crippen molar-refractivity contribution in [1.82, 2.24) is 47.9 Å². The molecule has 1 aliphatic rings. The molecule has 5 aromatic carbocycles. The molecule has 10 amide bonds. The van der Waals surface area contributed by atoms with Crippen molar-refractivity contribution in [2.24, 2.45) is 11.7 Å². The quantitative estimate of drug-likeness (QED) is 0.0166. The molecule has 11 N–H and O–H groups in total. The highest BCUT2D eigenvalue weighted by Crippen LogP contribution is 2.44. The number of unbranched alkanes of at least 4 members (excludes halogenated alkanes) is 1. The van der Waals surface area contributed by atoms with Crippen molar-refractivity contribution in [3.05, 3.63) is 173 Å². The summed E-state index contributed by atoms with van der Waals surface area (Å²) < 4.78 is 16.0.